The Morgan fingerprint density at radius 3 is 2.76 bits per heavy atom. The molecule has 0 fully saturated rings. The largest absolute Gasteiger partial charge is 0.466 e. The number of nitrogens with one attached hydrogen (secondary N) is 1. The topological polar surface area (TPSA) is 83.4 Å². The predicted octanol–water partition coefficient (Wildman–Crippen LogP) is 0.495. The van der Waals surface area contributed by atoms with Gasteiger partial charge in [-0.05, 0) is 5.56 Å². The number of hydrazone groups is 1. The van der Waals surface area contributed by atoms with E-state index in [0.717, 1.165) is 11.6 Å². The summed E-state index contributed by atoms with van der Waals surface area (Å²) in [6.07, 6.45) is 2.66. The highest BCUT2D eigenvalue weighted by atomic mass is 16.5. The molecule has 0 aromatic heterocycles. The lowest BCUT2D eigenvalue weighted by atomic mass is 10.2. The molecular formula is C14H14N4O3. The van der Waals surface area contributed by atoms with Crippen LogP contribution in [0.1, 0.15) is 5.56 Å². The van der Waals surface area contributed by atoms with E-state index >= 15 is 0 Å². The minimum absolute atomic E-state index is 0.0152. The number of carbonyl (C=O) groups is 2. The van der Waals surface area contributed by atoms with Crippen molar-refractivity contribution in [2.75, 3.05) is 14.2 Å². The van der Waals surface area contributed by atoms with E-state index in [0.29, 0.717) is 0 Å². The van der Waals surface area contributed by atoms with Gasteiger partial charge < -0.3 is 4.74 Å². The third kappa shape index (κ3) is 3.75. The molecule has 1 aliphatic rings. The number of aliphatic imine (C=N–C) groups is 1. The molecule has 0 radical (unpaired) electrons. The Morgan fingerprint density at radius 1 is 1.38 bits per heavy atom. The maximum atomic E-state index is 11.6. The number of ether oxygens (including phenoxy) is 1. The van der Waals surface area contributed by atoms with Crippen LogP contribution in [-0.2, 0) is 14.3 Å². The van der Waals surface area contributed by atoms with Crippen LogP contribution in [0.15, 0.2) is 52.2 Å². The molecule has 0 atom stereocenters. The molecule has 1 N–H and O–H groups in total. The fourth-order valence-electron chi connectivity index (χ4n) is 1.53. The van der Waals surface area contributed by atoms with Crippen molar-refractivity contribution in [1.29, 1.82) is 0 Å². The highest BCUT2D eigenvalue weighted by molar-refractivity contribution is 6.13. The van der Waals surface area contributed by atoms with Crippen molar-refractivity contribution in [2.24, 2.45) is 10.1 Å². The van der Waals surface area contributed by atoms with Crippen molar-refractivity contribution in [2.45, 2.75) is 0 Å². The van der Waals surface area contributed by atoms with Crippen molar-refractivity contribution in [1.82, 2.24) is 10.3 Å². The molecule has 1 heterocycles. The molecule has 1 amide bonds. The molecule has 0 bridgehead atoms. The second-order valence-electron chi connectivity index (χ2n) is 4.12. The van der Waals surface area contributed by atoms with Crippen LogP contribution in [0.4, 0.5) is 0 Å². The summed E-state index contributed by atoms with van der Waals surface area (Å²) in [7, 11) is 2.87. The predicted molar refractivity (Wildman–Crippen MR) is 77.5 cm³/mol. The van der Waals surface area contributed by atoms with Crippen molar-refractivity contribution >= 4 is 24.1 Å². The van der Waals surface area contributed by atoms with Crippen molar-refractivity contribution in [3.63, 3.8) is 0 Å². The number of rotatable bonds is 3. The zero-order valence-electron chi connectivity index (χ0n) is 11.6. The fourth-order valence-corrected chi connectivity index (χ4v) is 1.53. The molecule has 1 aliphatic heterocycles. The molecule has 0 spiro atoms. The van der Waals surface area contributed by atoms with Gasteiger partial charge in [0.2, 0.25) is 5.96 Å². The first kappa shape index (κ1) is 14.4. The number of methoxy groups -OCH3 is 1. The molecule has 108 valence electrons. The fraction of sp³-hybridized carbons (Fsp3) is 0.143. The Kier molecular flexibility index (Phi) is 4.45. The molecule has 7 heteroatoms. The van der Waals surface area contributed by atoms with Gasteiger partial charge in [-0.2, -0.15) is 5.10 Å². The zero-order valence-corrected chi connectivity index (χ0v) is 11.6. The quantitative estimate of drug-likeness (QED) is 0.379. The number of esters is 1. The Bertz CT molecular complexity index is 635. The van der Waals surface area contributed by atoms with E-state index in [4.69, 9.17) is 0 Å². The Hall–Kier alpha value is -2.96. The second kappa shape index (κ2) is 6.47. The molecule has 0 unspecified atom stereocenters. The minimum atomic E-state index is -0.638. The van der Waals surface area contributed by atoms with Gasteiger partial charge in [0, 0.05) is 7.05 Å². The molecule has 1 aromatic carbocycles. The van der Waals surface area contributed by atoms with Gasteiger partial charge >= 0.3 is 5.97 Å². The average Bonchev–Trinajstić information content (AvgIpc) is 2.87. The number of hydrogen-bond donors (Lipinski definition) is 1. The van der Waals surface area contributed by atoms with E-state index in [2.05, 4.69) is 20.1 Å². The molecule has 0 aliphatic carbocycles. The third-order valence-electron chi connectivity index (χ3n) is 2.63. The monoisotopic (exact) mass is 286 g/mol. The Morgan fingerprint density at radius 2 is 2.10 bits per heavy atom. The summed E-state index contributed by atoms with van der Waals surface area (Å²) >= 11 is 0. The minimum Gasteiger partial charge on any atom is -0.466 e. The van der Waals surface area contributed by atoms with Crippen LogP contribution >= 0.6 is 0 Å². The van der Waals surface area contributed by atoms with Crippen molar-refractivity contribution in [3.8, 4) is 0 Å². The van der Waals surface area contributed by atoms with E-state index in [1.54, 1.807) is 13.3 Å². The zero-order chi connectivity index (χ0) is 15.2. The average molecular weight is 286 g/mol. The lowest BCUT2D eigenvalue weighted by Gasteiger charge is -2.10. The molecular weight excluding hydrogens is 272 g/mol. The number of amides is 1. The lowest BCUT2D eigenvalue weighted by molar-refractivity contribution is -0.135. The van der Waals surface area contributed by atoms with E-state index in [-0.39, 0.29) is 11.7 Å². The van der Waals surface area contributed by atoms with Crippen LogP contribution < -0.4 is 5.32 Å². The first-order chi connectivity index (χ1) is 10.1. The van der Waals surface area contributed by atoms with Gasteiger partial charge in [0.1, 0.15) is 5.70 Å². The number of guanidine groups is 1. The van der Waals surface area contributed by atoms with E-state index < -0.39 is 11.9 Å². The van der Waals surface area contributed by atoms with Gasteiger partial charge in [0.05, 0.1) is 19.4 Å². The summed E-state index contributed by atoms with van der Waals surface area (Å²) in [5.74, 6) is -0.875. The van der Waals surface area contributed by atoms with Gasteiger partial charge in [0.15, 0.2) is 0 Å². The summed E-state index contributed by atoms with van der Waals surface area (Å²) in [6.45, 7) is 0. The van der Waals surface area contributed by atoms with Crippen LogP contribution in [-0.4, -0.2) is 43.2 Å². The van der Waals surface area contributed by atoms with E-state index in [1.165, 1.54) is 12.1 Å². The maximum absolute atomic E-state index is 11.6. The lowest BCUT2D eigenvalue weighted by Crippen LogP contribution is -2.34. The first-order valence-electron chi connectivity index (χ1n) is 6.12. The maximum Gasteiger partial charge on any atom is 0.332 e. The number of benzene rings is 1. The van der Waals surface area contributed by atoms with Crippen LogP contribution in [0.5, 0.6) is 0 Å². The number of nitrogens with zero attached hydrogens (tertiary/aromatic N) is 3. The molecule has 21 heavy (non-hydrogen) atoms. The smallest absolute Gasteiger partial charge is 0.332 e. The highest BCUT2D eigenvalue weighted by Gasteiger charge is 2.23. The Balaban J connectivity index is 2.10. The van der Waals surface area contributed by atoms with Gasteiger partial charge in [0.25, 0.3) is 5.91 Å². The van der Waals surface area contributed by atoms with Crippen molar-refractivity contribution in [3.05, 3.63) is 47.7 Å². The number of carbonyl (C=O) groups excluding carboxylic acids is 2. The van der Waals surface area contributed by atoms with Crippen LogP contribution in [0.25, 0.3) is 0 Å². The SMILES string of the molecule is COC(=O)C=C1N=C(N(C)N=Cc2ccccc2)NC1=O. The second-order valence-corrected chi connectivity index (χ2v) is 4.12. The number of hydrogen-bond acceptors (Lipinski definition) is 6. The van der Waals surface area contributed by atoms with Crippen molar-refractivity contribution < 1.29 is 14.3 Å². The molecule has 7 nitrogen and oxygen atoms in total. The van der Waals surface area contributed by atoms with Crippen LogP contribution in [0.3, 0.4) is 0 Å². The Labute approximate surface area is 121 Å². The summed E-state index contributed by atoms with van der Waals surface area (Å²) < 4.78 is 4.45. The van der Waals surface area contributed by atoms with E-state index in [1.807, 2.05) is 30.3 Å². The standard InChI is InChI=1S/C14H14N4O3/c1-18(15-9-10-6-4-3-5-7-10)14-16-11(13(20)17-14)8-12(19)21-2/h3-9H,1-2H3,(H,16,17,20). The van der Waals surface area contributed by atoms with Crippen LogP contribution in [0.2, 0.25) is 0 Å². The van der Waals surface area contributed by atoms with Gasteiger partial charge in [-0.15, -0.1) is 0 Å². The summed E-state index contributed by atoms with van der Waals surface area (Å²) in [5.41, 5.74) is 0.901. The molecule has 0 saturated heterocycles. The first-order valence-corrected chi connectivity index (χ1v) is 6.12. The third-order valence-corrected chi connectivity index (χ3v) is 2.63. The van der Waals surface area contributed by atoms with Crippen LogP contribution in [0, 0.1) is 0 Å². The van der Waals surface area contributed by atoms with Gasteiger partial charge in [-0.1, -0.05) is 30.3 Å². The summed E-state index contributed by atoms with van der Waals surface area (Å²) in [4.78, 5) is 26.7. The van der Waals surface area contributed by atoms with Gasteiger partial charge in [-0.25, -0.2) is 14.8 Å². The summed E-state index contributed by atoms with van der Waals surface area (Å²) in [6, 6.07) is 9.50. The highest BCUT2D eigenvalue weighted by Crippen LogP contribution is 2.07. The normalized spacial score (nSPS) is 16.0. The molecule has 1 aromatic rings. The molecule has 2 rings (SSSR count). The molecule has 0 saturated carbocycles. The summed E-state index contributed by atoms with van der Waals surface area (Å²) in [5, 5.41) is 8.09. The van der Waals surface area contributed by atoms with E-state index in [9.17, 15) is 9.59 Å². The van der Waals surface area contributed by atoms with Gasteiger partial charge in [-0.3, -0.25) is 10.1 Å².